The van der Waals surface area contributed by atoms with Crippen molar-refractivity contribution in [1.82, 2.24) is 20.0 Å². The van der Waals surface area contributed by atoms with Gasteiger partial charge >= 0.3 is 6.18 Å². The van der Waals surface area contributed by atoms with E-state index in [-0.39, 0.29) is 6.54 Å². The van der Waals surface area contributed by atoms with Crippen LogP contribution in [0.25, 0.3) is 0 Å². The number of nitrogens with one attached hydrogen (secondary N) is 2. The third kappa shape index (κ3) is 2.77. The van der Waals surface area contributed by atoms with Gasteiger partial charge in [-0.3, -0.25) is 9.78 Å². The van der Waals surface area contributed by atoms with E-state index in [1.807, 2.05) is 0 Å². The lowest BCUT2D eigenvalue weighted by molar-refractivity contribution is -0.141. The van der Waals surface area contributed by atoms with Gasteiger partial charge in [-0.05, 0) is 6.07 Å². The van der Waals surface area contributed by atoms with Crippen LogP contribution >= 0.6 is 0 Å². The minimum atomic E-state index is -4.42. The second kappa shape index (κ2) is 4.11. The molecule has 2 aromatic heterocycles. The highest BCUT2D eigenvalue weighted by molar-refractivity contribution is 5.32. The molecule has 17 heavy (non-hydrogen) atoms. The summed E-state index contributed by atoms with van der Waals surface area (Å²) in [6.45, 7) is 0.208. The maximum Gasteiger partial charge on any atom is 0.435 e. The van der Waals surface area contributed by atoms with E-state index in [0.717, 1.165) is 6.07 Å². The van der Waals surface area contributed by atoms with Gasteiger partial charge in [-0.2, -0.15) is 23.4 Å². The Morgan fingerprint density at radius 1 is 1.47 bits per heavy atom. The highest BCUT2D eigenvalue weighted by atomic mass is 19.4. The van der Waals surface area contributed by atoms with E-state index < -0.39 is 11.9 Å². The molecule has 0 saturated carbocycles. The summed E-state index contributed by atoms with van der Waals surface area (Å²) in [5.74, 6) is 0.593. The Morgan fingerprint density at radius 3 is 2.76 bits per heavy atom. The summed E-state index contributed by atoms with van der Waals surface area (Å²) in [5.41, 5.74) is -0.571. The maximum atomic E-state index is 12.2. The second-order valence-corrected chi connectivity index (χ2v) is 3.50. The van der Waals surface area contributed by atoms with Crippen molar-refractivity contribution in [1.29, 1.82) is 0 Å². The van der Waals surface area contributed by atoms with Gasteiger partial charge in [0.2, 0.25) is 0 Å². The molecule has 0 aliphatic rings. The van der Waals surface area contributed by atoms with Crippen molar-refractivity contribution < 1.29 is 13.2 Å². The molecule has 2 rings (SSSR count). The summed E-state index contributed by atoms with van der Waals surface area (Å²) >= 11 is 0. The number of rotatable bonds is 3. The minimum absolute atomic E-state index is 0.208. The largest absolute Gasteiger partial charge is 0.435 e. The third-order valence-corrected chi connectivity index (χ3v) is 2.09. The molecule has 8 heteroatoms. The Bertz CT molecular complexity index is 499. The van der Waals surface area contributed by atoms with E-state index in [1.54, 1.807) is 24.0 Å². The molecule has 2 aromatic rings. The van der Waals surface area contributed by atoms with Crippen LogP contribution in [0.3, 0.4) is 0 Å². The molecular weight excluding hydrogens is 235 g/mol. The van der Waals surface area contributed by atoms with Crippen LogP contribution in [0.15, 0.2) is 18.3 Å². The van der Waals surface area contributed by atoms with Crippen LogP contribution < -0.4 is 5.32 Å². The lowest BCUT2D eigenvalue weighted by atomic mass is 10.3. The first-order chi connectivity index (χ1) is 7.95. The maximum absolute atomic E-state index is 12.2. The predicted molar refractivity (Wildman–Crippen MR) is 54.1 cm³/mol. The van der Waals surface area contributed by atoms with Crippen molar-refractivity contribution in [2.45, 2.75) is 12.7 Å². The van der Waals surface area contributed by atoms with E-state index >= 15 is 0 Å². The lowest BCUT2D eigenvalue weighted by Crippen LogP contribution is -2.04. The number of hydrogen-bond donors (Lipinski definition) is 2. The molecule has 0 radical (unpaired) electrons. The summed E-state index contributed by atoms with van der Waals surface area (Å²) in [7, 11) is 1.75. The molecule has 5 nitrogen and oxygen atoms in total. The van der Waals surface area contributed by atoms with Gasteiger partial charge in [-0.15, -0.1) is 0 Å². The van der Waals surface area contributed by atoms with Crippen molar-refractivity contribution in [3.8, 4) is 0 Å². The Labute approximate surface area is 94.6 Å². The topological polar surface area (TPSA) is 58.5 Å². The van der Waals surface area contributed by atoms with Crippen LogP contribution in [-0.2, 0) is 19.8 Å². The average molecular weight is 245 g/mol. The van der Waals surface area contributed by atoms with Crippen LogP contribution in [0, 0.1) is 0 Å². The summed E-state index contributed by atoms with van der Waals surface area (Å²) in [6.07, 6.45) is -2.68. The SMILES string of the molecule is Cn1ccc(NCc2cc(C(F)(F)F)n[nH]2)n1. The number of nitrogens with zero attached hydrogens (tertiary/aromatic N) is 3. The molecule has 0 bridgehead atoms. The molecule has 92 valence electrons. The number of H-pyrrole nitrogens is 1. The summed E-state index contributed by atoms with van der Waals surface area (Å²) in [4.78, 5) is 0. The van der Waals surface area contributed by atoms with Crippen molar-refractivity contribution in [3.63, 3.8) is 0 Å². The number of halogens is 3. The van der Waals surface area contributed by atoms with Gasteiger partial charge < -0.3 is 5.32 Å². The van der Waals surface area contributed by atoms with Crippen molar-refractivity contribution in [2.24, 2.45) is 7.05 Å². The van der Waals surface area contributed by atoms with Crippen molar-refractivity contribution >= 4 is 5.82 Å². The first-order valence-electron chi connectivity index (χ1n) is 4.80. The van der Waals surface area contributed by atoms with E-state index in [0.29, 0.717) is 11.5 Å². The van der Waals surface area contributed by atoms with Crippen LogP contribution in [0.5, 0.6) is 0 Å². The smallest absolute Gasteiger partial charge is 0.363 e. The summed E-state index contributed by atoms with van der Waals surface area (Å²) in [5, 5.41) is 12.4. The molecule has 0 spiro atoms. The summed E-state index contributed by atoms with van der Waals surface area (Å²) < 4.78 is 38.3. The number of aromatic nitrogens is 4. The van der Waals surface area contributed by atoms with Crippen LogP contribution in [0.1, 0.15) is 11.4 Å². The molecule has 0 aromatic carbocycles. The molecule has 0 atom stereocenters. The standard InChI is InChI=1S/C9H10F3N5/c1-17-3-2-8(16-17)13-5-6-4-7(15-14-6)9(10,11)12/h2-4H,5H2,1H3,(H,13,16)(H,14,15). The quantitative estimate of drug-likeness (QED) is 0.866. The molecular formula is C9H10F3N5. The zero-order valence-electron chi connectivity index (χ0n) is 8.91. The van der Waals surface area contributed by atoms with Gasteiger partial charge in [0, 0.05) is 19.3 Å². The van der Waals surface area contributed by atoms with Gasteiger partial charge in [0.15, 0.2) is 5.69 Å². The normalized spacial score (nSPS) is 11.8. The highest BCUT2D eigenvalue weighted by Crippen LogP contribution is 2.27. The number of anilines is 1. The molecule has 0 fully saturated rings. The van der Waals surface area contributed by atoms with E-state index in [4.69, 9.17) is 0 Å². The minimum Gasteiger partial charge on any atom is -0.363 e. The fourth-order valence-corrected chi connectivity index (χ4v) is 1.29. The van der Waals surface area contributed by atoms with Crippen molar-refractivity contribution in [3.05, 3.63) is 29.7 Å². The molecule has 2 N–H and O–H groups in total. The number of hydrogen-bond acceptors (Lipinski definition) is 3. The Balaban J connectivity index is 1.98. The molecule has 0 unspecified atom stereocenters. The van der Waals surface area contributed by atoms with E-state index in [9.17, 15) is 13.2 Å². The first-order valence-corrected chi connectivity index (χ1v) is 4.80. The third-order valence-electron chi connectivity index (χ3n) is 2.09. The zero-order valence-corrected chi connectivity index (χ0v) is 8.91. The van der Waals surface area contributed by atoms with E-state index in [1.165, 1.54) is 0 Å². The molecule has 2 heterocycles. The van der Waals surface area contributed by atoms with Crippen LogP contribution in [0.4, 0.5) is 19.0 Å². The fourth-order valence-electron chi connectivity index (χ4n) is 1.29. The van der Waals surface area contributed by atoms with Gasteiger partial charge in [-0.1, -0.05) is 0 Å². The van der Waals surface area contributed by atoms with Crippen molar-refractivity contribution in [2.75, 3.05) is 5.32 Å². The highest BCUT2D eigenvalue weighted by Gasteiger charge is 2.33. The number of alkyl halides is 3. The fraction of sp³-hybridized carbons (Fsp3) is 0.333. The van der Waals surface area contributed by atoms with Crippen LogP contribution in [0.2, 0.25) is 0 Å². The Morgan fingerprint density at radius 2 is 2.24 bits per heavy atom. The second-order valence-electron chi connectivity index (χ2n) is 3.50. The van der Waals surface area contributed by atoms with Gasteiger partial charge in [-0.25, -0.2) is 0 Å². The van der Waals surface area contributed by atoms with Gasteiger partial charge in [0.25, 0.3) is 0 Å². The number of aryl methyl sites for hydroxylation is 1. The molecule has 0 saturated heterocycles. The van der Waals surface area contributed by atoms with Gasteiger partial charge in [0.1, 0.15) is 5.82 Å². The first kappa shape index (κ1) is 11.5. The Hall–Kier alpha value is -1.99. The molecule has 0 aliphatic heterocycles. The molecule has 0 aliphatic carbocycles. The predicted octanol–water partition coefficient (Wildman–Crippen LogP) is 1.77. The monoisotopic (exact) mass is 245 g/mol. The lowest BCUT2D eigenvalue weighted by Gasteiger charge is -2.00. The van der Waals surface area contributed by atoms with Gasteiger partial charge in [0.05, 0.1) is 12.2 Å². The molecule has 0 amide bonds. The van der Waals surface area contributed by atoms with E-state index in [2.05, 4.69) is 20.6 Å². The Kier molecular flexibility index (Phi) is 2.78. The zero-order chi connectivity index (χ0) is 12.5. The van der Waals surface area contributed by atoms with Crippen LogP contribution in [-0.4, -0.2) is 20.0 Å². The average Bonchev–Trinajstić information content (AvgIpc) is 2.82. The summed E-state index contributed by atoms with van der Waals surface area (Å²) in [6, 6.07) is 2.69. The number of aromatic amines is 1.